The van der Waals surface area contributed by atoms with Gasteiger partial charge in [0.15, 0.2) is 8.29 Å². The molecule has 0 spiro atoms. The molecule has 3 aromatic rings. The standard InChI is InChI=1S/C11H8N4S4/c16-11-15(8-4-2-1-3-5-8)13-10(18-11)17-7-9-6-12-14-19-9/h1-6H,7H2. The van der Waals surface area contributed by atoms with Crippen molar-refractivity contribution >= 4 is 46.8 Å². The summed E-state index contributed by atoms with van der Waals surface area (Å²) >= 11 is 9.95. The number of aromatic nitrogens is 4. The van der Waals surface area contributed by atoms with Crippen LogP contribution in [0.15, 0.2) is 40.9 Å². The summed E-state index contributed by atoms with van der Waals surface area (Å²) in [5.41, 5.74) is 0.995. The van der Waals surface area contributed by atoms with Crippen molar-refractivity contribution in [1.29, 1.82) is 0 Å². The Bertz CT molecular complexity index is 702. The lowest BCUT2D eigenvalue weighted by Crippen LogP contribution is -1.95. The van der Waals surface area contributed by atoms with E-state index in [9.17, 15) is 0 Å². The lowest BCUT2D eigenvalue weighted by atomic mass is 10.3. The Morgan fingerprint density at radius 2 is 2.11 bits per heavy atom. The normalized spacial score (nSPS) is 10.7. The van der Waals surface area contributed by atoms with Crippen LogP contribution in [0.25, 0.3) is 5.69 Å². The third kappa shape index (κ3) is 3.08. The molecule has 0 aliphatic rings. The molecule has 0 fully saturated rings. The molecule has 0 atom stereocenters. The third-order valence-electron chi connectivity index (χ3n) is 2.27. The van der Waals surface area contributed by atoms with E-state index < -0.39 is 0 Å². The zero-order chi connectivity index (χ0) is 13.1. The summed E-state index contributed by atoms with van der Waals surface area (Å²) in [6, 6.07) is 9.93. The van der Waals surface area contributed by atoms with Crippen molar-refractivity contribution in [3.05, 3.63) is 45.4 Å². The Morgan fingerprint density at radius 3 is 2.84 bits per heavy atom. The Morgan fingerprint density at radius 1 is 1.26 bits per heavy atom. The number of nitrogens with zero attached hydrogens (tertiary/aromatic N) is 4. The second-order valence-corrected chi connectivity index (χ2v) is 7.27. The van der Waals surface area contributed by atoms with Crippen molar-refractivity contribution in [2.45, 2.75) is 10.1 Å². The fraction of sp³-hybridized carbons (Fsp3) is 0.0909. The van der Waals surface area contributed by atoms with Crippen LogP contribution in [0.5, 0.6) is 0 Å². The molecule has 96 valence electrons. The third-order valence-corrected chi connectivity index (χ3v) is 5.53. The summed E-state index contributed by atoms with van der Waals surface area (Å²) in [4.78, 5) is 1.14. The van der Waals surface area contributed by atoms with Crippen molar-refractivity contribution in [2.75, 3.05) is 0 Å². The molecule has 1 aromatic carbocycles. The van der Waals surface area contributed by atoms with Crippen molar-refractivity contribution in [3.8, 4) is 5.69 Å². The Labute approximate surface area is 127 Å². The van der Waals surface area contributed by atoms with Crippen LogP contribution in [-0.2, 0) is 5.75 Å². The Kier molecular flexibility index (Phi) is 4.02. The minimum Gasteiger partial charge on any atom is -0.211 e. The number of rotatable bonds is 4. The van der Waals surface area contributed by atoms with Crippen LogP contribution in [0, 0.1) is 3.95 Å². The van der Waals surface area contributed by atoms with Crippen LogP contribution in [0.4, 0.5) is 0 Å². The monoisotopic (exact) mass is 324 g/mol. The van der Waals surface area contributed by atoms with E-state index in [2.05, 4.69) is 14.7 Å². The van der Waals surface area contributed by atoms with Gasteiger partial charge in [-0.1, -0.05) is 45.8 Å². The summed E-state index contributed by atoms with van der Waals surface area (Å²) in [5.74, 6) is 0.828. The first kappa shape index (κ1) is 12.9. The average molecular weight is 324 g/mol. The molecule has 3 rings (SSSR count). The molecular formula is C11H8N4S4. The van der Waals surface area contributed by atoms with E-state index in [0.29, 0.717) is 0 Å². The molecule has 0 aliphatic heterocycles. The van der Waals surface area contributed by atoms with E-state index in [-0.39, 0.29) is 0 Å². The lowest BCUT2D eigenvalue weighted by molar-refractivity contribution is 0.829. The zero-order valence-electron chi connectivity index (χ0n) is 9.59. The van der Waals surface area contributed by atoms with Gasteiger partial charge in [0.2, 0.25) is 0 Å². The maximum atomic E-state index is 5.35. The van der Waals surface area contributed by atoms with Crippen molar-refractivity contribution in [1.82, 2.24) is 19.4 Å². The van der Waals surface area contributed by atoms with E-state index in [0.717, 1.165) is 24.6 Å². The highest BCUT2D eigenvalue weighted by molar-refractivity contribution is 8.00. The number of hydrogen-bond acceptors (Lipinski definition) is 7. The van der Waals surface area contributed by atoms with Gasteiger partial charge in [0.1, 0.15) is 0 Å². The second-order valence-electron chi connectivity index (χ2n) is 3.55. The fourth-order valence-corrected chi connectivity index (χ4v) is 4.29. The number of para-hydroxylation sites is 1. The second kappa shape index (κ2) is 5.91. The molecule has 0 saturated carbocycles. The van der Waals surface area contributed by atoms with Crippen LogP contribution in [-0.4, -0.2) is 19.4 Å². The molecule has 0 amide bonds. The van der Waals surface area contributed by atoms with E-state index >= 15 is 0 Å². The molecule has 4 nitrogen and oxygen atoms in total. The average Bonchev–Trinajstić information content (AvgIpc) is 3.07. The van der Waals surface area contributed by atoms with Crippen molar-refractivity contribution in [3.63, 3.8) is 0 Å². The summed E-state index contributed by atoms with van der Waals surface area (Å²) < 4.78 is 7.36. The highest BCUT2D eigenvalue weighted by Gasteiger charge is 2.07. The predicted octanol–water partition coefficient (Wildman–Crippen LogP) is 3.81. The van der Waals surface area contributed by atoms with E-state index in [1.165, 1.54) is 22.9 Å². The quantitative estimate of drug-likeness (QED) is 0.539. The van der Waals surface area contributed by atoms with E-state index in [1.807, 2.05) is 30.3 Å². The molecule has 19 heavy (non-hydrogen) atoms. The Hall–Kier alpha value is -1.09. The van der Waals surface area contributed by atoms with Gasteiger partial charge in [-0.25, -0.2) is 4.68 Å². The van der Waals surface area contributed by atoms with Gasteiger partial charge < -0.3 is 0 Å². The first-order valence-electron chi connectivity index (χ1n) is 5.37. The molecule has 2 aromatic heterocycles. The molecular weight excluding hydrogens is 316 g/mol. The van der Waals surface area contributed by atoms with E-state index in [1.54, 1.807) is 22.6 Å². The number of benzene rings is 1. The van der Waals surface area contributed by atoms with Gasteiger partial charge in [-0.05, 0) is 35.9 Å². The highest BCUT2D eigenvalue weighted by Crippen LogP contribution is 2.27. The smallest absolute Gasteiger partial charge is 0.184 e. The van der Waals surface area contributed by atoms with Crippen molar-refractivity contribution < 1.29 is 0 Å². The zero-order valence-corrected chi connectivity index (χ0v) is 12.9. The molecule has 0 unspecified atom stereocenters. The van der Waals surface area contributed by atoms with Crippen molar-refractivity contribution in [2.24, 2.45) is 0 Å². The summed E-state index contributed by atoms with van der Waals surface area (Å²) in [6.07, 6.45) is 1.78. The summed E-state index contributed by atoms with van der Waals surface area (Å²) in [6.45, 7) is 0. The van der Waals surface area contributed by atoms with E-state index in [4.69, 9.17) is 12.2 Å². The maximum Gasteiger partial charge on any atom is 0.184 e. The van der Waals surface area contributed by atoms with Gasteiger partial charge in [0.05, 0.1) is 16.8 Å². The van der Waals surface area contributed by atoms with Gasteiger partial charge in [0, 0.05) is 5.75 Å². The molecule has 0 radical (unpaired) electrons. The largest absolute Gasteiger partial charge is 0.211 e. The predicted molar refractivity (Wildman–Crippen MR) is 81.7 cm³/mol. The minimum absolute atomic E-state index is 0.760. The first-order chi connectivity index (χ1) is 9.33. The van der Waals surface area contributed by atoms with Crippen LogP contribution >= 0.6 is 46.8 Å². The first-order valence-corrected chi connectivity index (χ1v) is 8.36. The van der Waals surface area contributed by atoms with Gasteiger partial charge in [0.25, 0.3) is 0 Å². The molecule has 0 N–H and O–H groups in total. The summed E-state index contributed by atoms with van der Waals surface area (Å²) in [7, 11) is 0. The van der Waals surface area contributed by atoms with Gasteiger partial charge in [-0.2, -0.15) is 0 Å². The molecule has 0 aliphatic carbocycles. The Balaban J connectivity index is 1.80. The van der Waals surface area contributed by atoms with Crippen LogP contribution in [0.2, 0.25) is 0 Å². The van der Waals surface area contributed by atoms with Crippen LogP contribution in [0.3, 0.4) is 0 Å². The van der Waals surface area contributed by atoms with Gasteiger partial charge >= 0.3 is 0 Å². The van der Waals surface area contributed by atoms with Gasteiger partial charge in [-0.3, -0.25) is 0 Å². The number of hydrogen-bond donors (Lipinski definition) is 0. The molecule has 0 bridgehead atoms. The van der Waals surface area contributed by atoms with Crippen LogP contribution < -0.4 is 0 Å². The minimum atomic E-state index is 0.760. The van der Waals surface area contributed by atoms with Crippen LogP contribution in [0.1, 0.15) is 4.88 Å². The number of thioether (sulfide) groups is 1. The maximum absolute atomic E-state index is 5.35. The lowest BCUT2D eigenvalue weighted by Gasteiger charge is -1.98. The SMILES string of the molecule is S=c1sc(SCc2cnns2)nn1-c1ccccc1. The molecule has 2 heterocycles. The van der Waals surface area contributed by atoms with Gasteiger partial charge in [-0.15, -0.1) is 10.2 Å². The molecule has 0 saturated heterocycles. The molecule has 8 heteroatoms. The highest BCUT2D eigenvalue weighted by atomic mass is 32.2. The topological polar surface area (TPSA) is 43.6 Å². The summed E-state index contributed by atoms with van der Waals surface area (Å²) in [5, 5.41) is 8.35. The fourth-order valence-electron chi connectivity index (χ4n) is 1.44.